The number of nitrogens with one attached hydrogen (secondary N) is 1. The Morgan fingerprint density at radius 1 is 1.30 bits per heavy atom. The number of methoxy groups -OCH3 is 1. The third-order valence-electron chi connectivity index (χ3n) is 2.91. The minimum Gasteiger partial charge on any atom is -0.494 e. The van der Waals surface area contributed by atoms with Crippen molar-refractivity contribution >= 4 is 0 Å². The quantitative estimate of drug-likeness (QED) is 0.828. The highest BCUT2D eigenvalue weighted by molar-refractivity contribution is 5.33. The molecule has 0 radical (unpaired) electrons. The standard InChI is InChI=1S/C16H26FNO2/c1-6-10-18-13(11-20-16(2,3)4)12-8-7-9-14(19-5)15(12)17/h7-9,13,18H,6,10-11H2,1-5H3. The molecule has 0 aliphatic heterocycles. The van der Waals surface area contributed by atoms with Crippen LogP contribution in [0.2, 0.25) is 0 Å². The zero-order chi connectivity index (χ0) is 15.2. The molecule has 0 aliphatic rings. The maximum Gasteiger partial charge on any atom is 0.169 e. The largest absolute Gasteiger partial charge is 0.494 e. The lowest BCUT2D eigenvalue weighted by Crippen LogP contribution is -2.31. The van der Waals surface area contributed by atoms with Crippen LogP contribution >= 0.6 is 0 Å². The molecular weight excluding hydrogens is 257 g/mol. The van der Waals surface area contributed by atoms with Crippen LogP contribution in [0.3, 0.4) is 0 Å². The van der Waals surface area contributed by atoms with Gasteiger partial charge in [-0.3, -0.25) is 0 Å². The van der Waals surface area contributed by atoms with Crippen molar-refractivity contribution in [3.05, 3.63) is 29.6 Å². The highest BCUT2D eigenvalue weighted by Crippen LogP contribution is 2.26. The molecule has 0 saturated heterocycles. The number of benzene rings is 1. The van der Waals surface area contributed by atoms with Crippen molar-refractivity contribution in [2.24, 2.45) is 0 Å². The van der Waals surface area contributed by atoms with Crippen LogP contribution in [-0.4, -0.2) is 25.9 Å². The van der Waals surface area contributed by atoms with Crippen molar-refractivity contribution in [1.29, 1.82) is 0 Å². The van der Waals surface area contributed by atoms with E-state index >= 15 is 0 Å². The van der Waals surface area contributed by atoms with E-state index in [4.69, 9.17) is 9.47 Å². The van der Waals surface area contributed by atoms with Crippen LogP contribution in [0, 0.1) is 5.82 Å². The monoisotopic (exact) mass is 283 g/mol. The highest BCUT2D eigenvalue weighted by atomic mass is 19.1. The summed E-state index contributed by atoms with van der Waals surface area (Å²) in [5, 5.41) is 3.33. The summed E-state index contributed by atoms with van der Waals surface area (Å²) in [6.45, 7) is 9.29. The average molecular weight is 283 g/mol. The molecule has 1 aromatic rings. The van der Waals surface area contributed by atoms with Crippen LogP contribution in [0.25, 0.3) is 0 Å². The Bertz CT molecular complexity index is 415. The van der Waals surface area contributed by atoms with Crippen molar-refractivity contribution in [3.63, 3.8) is 0 Å². The summed E-state index contributed by atoms with van der Waals surface area (Å²) in [7, 11) is 1.47. The first-order valence-corrected chi connectivity index (χ1v) is 7.08. The summed E-state index contributed by atoms with van der Waals surface area (Å²) < 4.78 is 25.2. The Labute approximate surface area is 121 Å². The lowest BCUT2D eigenvalue weighted by Gasteiger charge is -2.26. The lowest BCUT2D eigenvalue weighted by molar-refractivity contribution is -0.0152. The molecule has 0 aliphatic carbocycles. The zero-order valence-corrected chi connectivity index (χ0v) is 13.1. The zero-order valence-electron chi connectivity index (χ0n) is 13.1. The molecule has 0 heterocycles. The van der Waals surface area contributed by atoms with Gasteiger partial charge in [-0.2, -0.15) is 0 Å². The lowest BCUT2D eigenvalue weighted by atomic mass is 10.1. The fourth-order valence-electron chi connectivity index (χ4n) is 1.87. The third-order valence-corrected chi connectivity index (χ3v) is 2.91. The second kappa shape index (κ2) is 7.60. The van der Waals surface area contributed by atoms with Crippen LogP contribution in [-0.2, 0) is 4.74 Å². The van der Waals surface area contributed by atoms with Gasteiger partial charge < -0.3 is 14.8 Å². The van der Waals surface area contributed by atoms with Gasteiger partial charge in [-0.1, -0.05) is 19.1 Å². The Morgan fingerprint density at radius 2 is 2.00 bits per heavy atom. The fraction of sp³-hybridized carbons (Fsp3) is 0.625. The Kier molecular flexibility index (Phi) is 6.43. The van der Waals surface area contributed by atoms with E-state index in [1.54, 1.807) is 18.2 Å². The molecule has 1 rings (SSSR count). The normalized spacial score (nSPS) is 13.3. The predicted octanol–water partition coefficient (Wildman–Crippen LogP) is 3.69. The van der Waals surface area contributed by atoms with Crippen molar-refractivity contribution in [2.75, 3.05) is 20.3 Å². The van der Waals surface area contributed by atoms with Gasteiger partial charge in [0, 0.05) is 5.56 Å². The molecule has 0 aromatic heterocycles. The van der Waals surface area contributed by atoms with Crippen molar-refractivity contribution in [2.45, 2.75) is 45.8 Å². The van der Waals surface area contributed by atoms with E-state index in [1.165, 1.54) is 7.11 Å². The van der Waals surface area contributed by atoms with Crippen LogP contribution in [0.5, 0.6) is 5.75 Å². The summed E-state index contributed by atoms with van der Waals surface area (Å²) in [6.07, 6.45) is 0.984. The molecule has 1 aromatic carbocycles. The number of ether oxygens (including phenoxy) is 2. The molecule has 0 amide bonds. The minimum absolute atomic E-state index is 0.177. The molecule has 0 fully saturated rings. The van der Waals surface area contributed by atoms with Crippen LogP contribution in [0.15, 0.2) is 18.2 Å². The molecule has 0 saturated carbocycles. The number of hydrogen-bond donors (Lipinski definition) is 1. The third kappa shape index (κ3) is 5.10. The van der Waals surface area contributed by atoms with Crippen molar-refractivity contribution in [3.8, 4) is 5.75 Å². The van der Waals surface area contributed by atoms with Gasteiger partial charge >= 0.3 is 0 Å². The molecule has 0 bridgehead atoms. The number of halogens is 1. The van der Waals surface area contributed by atoms with Gasteiger partial charge in [-0.25, -0.2) is 4.39 Å². The first-order valence-electron chi connectivity index (χ1n) is 7.08. The van der Waals surface area contributed by atoms with Gasteiger partial charge in [-0.05, 0) is 39.8 Å². The Hall–Kier alpha value is -1.13. The van der Waals surface area contributed by atoms with Gasteiger partial charge in [0.2, 0.25) is 0 Å². The smallest absolute Gasteiger partial charge is 0.169 e. The van der Waals surface area contributed by atoms with E-state index in [-0.39, 0.29) is 23.2 Å². The number of rotatable bonds is 7. The van der Waals surface area contributed by atoms with E-state index in [0.717, 1.165) is 13.0 Å². The molecule has 20 heavy (non-hydrogen) atoms. The molecule has 1 unspecified atom stereocenters. The van der Waals surface area contributed by atoms with Gasteiger partial charge in [0.1, 0.15) is 0 Å². The number of hydrogen-bond acceptors (Lipinski definition) is 3. The van der Waals surface area contributed by atoms with Gasteiger partial charge in [0.15, 0.2) is 11.6 Å². The summed E-state index contributed by atoms with van der Waals surface area (Å²) in [5.74, 6) is -0.0531. The highest BCUT2D eigenvalue weighted by Gasteiger charge is 2.21. The fourth-order valence-corrected chi connectivity index (χ4v) is 1.87. The van der Waals surface area contributed by atoms with E-state index < -0.39 is 0 Å². The molecule has 3 nitrogen and oxygen atoms in total. The summed E-state index contributed by atoms with van der Waals surface area (Å²) in [6, 6.07) is 5.02. The summed E-state index contributed by atoms with van der Waals surface area (Å²) in [4.78, 5) is 0. The topological polar surface area (TPSA) is 30.5 Å². The van der Waals surface area contributed by atoms with E-state index in [1.807, 2.05) is 20.8 Å². The van der Waals surface area contributed by atoms with E-state index in [9.17, 15) is 4.39 Å². The maximum absolute atomic E-state index is 14.3. The molecule has 114 valence electrons. The SMILES string of the molecule is CCCNC(COC(C)(C)C)c1cccc(OC)c1F. The van der Waals surface area contributed by atoms with Gasteiger partial charge in [0.05, 0.1) is 25.4 Å². The molecule has 4 heteroatoms. The Morgan fingerprint density at radius 3 is 2.55 bits per heavy atom. The van der Waals surface area contributed by atoms with Gasteiger partial charge in [0.25, 0.3) is 0 Å². The van der Waals surface area contributed by atoms with Crippen molar-refractivity contribution < 1.29 is 13.9 Å². The summed E-state index contributed by atoms with van der Waals surface area (Å²) >= 11 is 0. The first kappa shape index (κ1) is 16.9. The Balaban J connectivity index is 2.92. The maximum atomic E-state index is 14.3. The average Bonchev–Trinajstić information content (AvgIpc) is 2.39. The van der Waals surface area contributed by atoms with Crippen LogP contribution in [0.1, 0.15) is 45.7 Å². The van der Waals surface area contributed by atoms with E-state index in [0.29, 0.717) is 12.2 Å². The van der Waals surface area contributed by atoms with Crippen LogP contribution < -0.4 is 10.1 Å². The van der Waals surface area contributed by atoms with E-state index in [2.05, 4.69) is 12.2 Å². The molecule has 1 atom stereocenters. The molecule has 1 N–H and O–H groups in total. The molecular formula is C16H26FNO2. The van der Waals surface area contributed by atoms with Gasteiger partial charge in [-0.15, -0.1) is 0 Å². The van der Waals surface area contributed by atoms with Crippen LogP contribution in [0.4, 0.5) is 4.39 Å². The first-order chi connectivity index (χ1) is 9.39. The van der Waals surface area contributed by atoms with Crippen molar-refractivity contribution in [1.82, 2.24) is 5.32 Å². The molecule has 0 spiro atoms. The second-order valence-electron chi connectivity index (χ2n) is 5.79. The predicted molar refractivity (Wildman–Crippen MR) is 79.7 cm³/mol. The minimum atomic E-state index is -0.318. The summed E-state index contributed by atoms with van der Waals surface area (Å²) in [5.41, 5.74) is 0.337. The second-order valence-corrected chi connectivity index (χ2v) is 5.79.